The lowest BCUT2D eigenvalue weighted by Crippen LogP contribution is -2.16. The number of halogens is 1. The molecule has 32 heavy (non-hydrogen) atoms. The highest BCUT2D eigenvalue weighted by Crippen LogP contribution is 2.22. The van der Waals surface area contributed by atoms with Crippen molar-refractivity contribution in [3.63, 3.8) is 0 Å². The van der Waals surface area contributed by atoms with Gasteiger partial charge in [-0.3, -0.25) is 9.36 Å². The molecule has 0 aliphatic carbocycles. The summed E-state index contributed by atoms with van der Waals surface area (Å²) in [5.74, 6) is 2.13. The SMILES string of the molecule is Cc1ccccc1NC(=O)CSc1nnc(COc2ccc(Cl)cc2)n1Cc1ccco1. The van der Waals surface area contributed by atoms with Crippen LogP contribution in [0.15, 0.2) is 76.5 Å². The van der Waals surface area contributed by atoms with Crippen LogP contribution in [-0.4, -0.2) is 26.4 Å². The lowest BCUT2D eigenvalue weighted by molar-refractivity contribution is -0.113. The van der Waals surface area contributed by atoms with E-state index in [-0.39, 0.29) is 18.3 Å². The molecule has 0 unspecified atom stereocenters. The molecule has 0 saturated heterocycles. The van der Waals surface area contributed by atoms with Crippen LogP contribution in [0, 0.1) is 6.92 Å². The highest BCUT2D eigenvalue weighted by molar-refractivity contribution is 7.99. The quantitative estimate of drug-likeness (QED) is 0.340. The van der Waals surface area contributed by atoms with Crippen LogP contribution < -0.4 is 10.1 Å². The van der Waals surface area contributed by atoms with Gasteiger partial charge in [0.05, 0.1) is 18.6 Å². The smallest absolute Gasteiger partial charge is 0.234 e. The van der Waals surface area contributed by atoms with Gasteiger partial charge in [0.25, 0.3) is 0 Å². The molecule has 0 aliphatic heterocycles. The van der Waals surface area contributed by atoms with E-state index in [1.165, 1.54) is 11.8 Å². The largest absolute Gasteiger partial charge is 0.486 e. The van der Waals surface area contributed by atoms with E-state index in [1.54, 1.807) is 30.5 Å². The van der Waals surface area contributed by atoms with Gasteiger partial charge in [0.15, 0.2) is 11.0 Å². The molecule has 1 amide bonds. The van der Waals surface area contributed by atoms with Crippen molar-refractivity contribution < 1.29 is 13.9 Å². The fourth-order valence-corrected chi connectivity index (χ4v) is 3.84. The van der Waals surface area contributed by atoms with Crippen LogP contribution in [0.4, 0.5) is 5.69 Å². The minimum atomic E-state index is -0.115. The van der Waals surface area contributed by atoms with Crippen molar-refractivity contribution in [3.8, 4) is 5.75 Å². The van der Waals surface area contributed by atoms with Gasteiger partial charge >= 0.3 is 0 Å². The Bertz CT molecular complexity index is 1180. The number of hydrogen-bond donors (Lipinski definition) is 1. The van der Waals surface area contributed by atoms with Crippen LogP contribution in [0.1, 0.15) is 17.1 Å². The number of carbonyl (C=O) groups is 1. The molecule has 2 aromatic heterocycles. The normalized spacial score (nSPS) is 10.8. The summed E-state index contributed by atoms with van der Waals surface area (Å²) < 4.78 is 13.2. The van der Waals surface area contributed by atoms with Crippen molar-refractivity contribution in [1.82, 2.24) is 14.8 Å². The number of anilines is 1. The van der Waals surface area contributed by atoms with E-state index in [2.05, 4.69) is 15.5 Å². The van der Waals surface area contributed by atoms with E-state index in [4.69, 9.17) is 20.8 Å². The molecule has 1 N–H and O–H groups in total. The van der Waals surface area contributed by atoms with Crippen LogP contribution >= 0.6 is 23.4 Å². The molecular formula is C23H21ClN4O3S. The minimum absolute atomic E-state index is 0.115. The fourth-order valence-electron chi connectivity index (χ4n) is 2.96. The van der Waals surface area contributed by atoms with E-state index >= 15 is 0 Å². The second-order valence-electron chi connectivity index (χ2n) is 6.96. The maximum Gasteiger partial charge on any atom is 0.234 e. The summed E-state index contributed by atoms with van der Waals surface area (Å²) in [4.78, 5) is 12.5. The number of carbonyl (C=O) groups excluding carboxylic acids is 1. The van der Waals surface area contributed by atoms with Crippen molar-refractivity contribution in [2.24, 2.45) is 0 Å². The highest BCUT2D eigenvalue weighted by Gasteiger charge is 2.16. The molecule has 0 spiro atoms. The fraction of sp³-hybridized carbons (Fsp3) is 0.174. The standard InChI is InChI=1S/C23H21ClN4O3S/c1-16-5-2-3-7-20(16)25-22(29)15-32-23-27-26-21(28(23)13-19-6-4-12-30-19)14-31-18-10-8-17(24)9-11-18/h2-12H,13-15H2,1H3,(H,25,29). The Balaban J connectivity index is 1.45. The Kier molecular flexibility index (Phi) is 7.14. The number of nitrogens with zero attached hydrogens (tertiary/aromatic N) is 3. The van der Waals surface area contributed by atoms with Gasteiger partial charge in [-0.25, -0.2) is 0 Å². The lowest BCUT2D eigenvalue weighted by atomic mass is 10.2. The number of ether oxygens (including phenoxy) is 1. The summed E-state index contributed by atoms with van der Waals surface area (Å²) in [5, 5.41) is 12.7. The molecule has 0 fully saturated rings. The number of aryl methyl sites for hydroxylation is 1. The van der Waals surface area contributed by atoms with Gasteiger partial charge in [-0.05, 0) is 55.0 Å². The summed E-state index contributed by atoms with van der Waals surface area (Å²) >= 11 is 7.24. The summed E-state index contributed by atoms with van der Waals surface area (Å²) in [5.41, 5.74) is 1.81. The number of aromatic nitrogens is 3. The zero-order valence-corrected chi connectivity index (χ0v) is 18.9. The number of furan rings is 1. The summed E-state index contributed by atoms with van der Waals surface area (Å²) in [6, 6.07) is 18.5. The van der Waals surface area contributed by atoms with E-state index in [1.807, 2.05) is 47.9 Å². The predicted molar refractivity (Wildman–Crippen MR) is 124 cm³/mol. The first-order chi connectivity index (χ1) is 15.6. The molecule has 9 heteroatoms. The van der Waals surface area contributed by atoms with E-state index in [9.17, 15) is 4.79 Å². The molecule has 2 heterocycles. The Labute approximate surface area is 194 Å². The van der Waals surface area contributed by atoms with Crippen molar-refractivity contribution in [1.29, 1.82) is 0 Å². The van der Waals surface area contributed by atoms with Gasteiger partial charge in [-0.2, -0.15) is 0 Å². The van der Waals surface area contributed by atoms with Crippen LogP contribution in [0.25, 0.3) is 0 Å². The molecule has 0 atom stereocenters. The maximum atomic E-state index is 12.5. The Morgan fingerprint density at radius 2 is 1.94 bits per heavy atom. The monoisotopic (exact) mass is 468 g/mol. The number of benzene rings is 2. The molecule has 164 valence electrons. The summed E-state index contributed by atoms with van der Waals surface area (Å²) in [7, 11) is 0. The number of thioether (sulfide) groups is 1. The highest BCUT2D eigenvalue weighted by atomic mass is 35.5. The van der Waals surface area contributed by atoms with Crippen molar-refractivity contribution in [2.45, 2.75) is 25.2 Å². The number of para-hydroxylation sites is 1. The lowest BCUT2D eigenvalue weighted by Gasteiger charge is -2.11. The Morgan fingerprint density at radius 3 is 2.69 bits per heavy atom. The van der Waals surface area contributed by atoms with Crippen molar-refractivity contribution in [3.05, 3.63) is 89.1 Å². The van der Waals surface area contributed by atoms with Gasteiger partial charge < -0.3 is 14.5 Å². The second-order valence-corrected chi connectivity index (χ2v) is 8.34. The number of rotatable bonds is 9. The second kappa shape index (κ2) is 10.4. The van der Waals surface area contributed by atoms with Gasteiger partial charge in [-0.1, -0.05) is 41.6 Å². The molecule has 2 aromatic carbocycles. The van der Waals surface area contributed by atoms with Gasteiger partial charge in [0, 0.05) is 10.7 Å². The Morgan fingerprint density at radius 1 is 1.12 bits per heavy atom. The topological polar surface area (TPSA) is 82.2 Å². The van der Waals surface area contributed by atoms with Crippen LogP contribution in [0.5, 0.6) is 5.75 Å². The third-order valence-electron chi connectivity index (χ3n) is 4.62. The first kappa shape index (κ1) is 22.0. The molecule has 0 radical (unpaired) electrons. The summed E-state index contributed by atoms with van der Waals surface area (Å²) in [6.07, 6.45) is 1.62. The average Bonchev–Trinajstić information content (AvgIpc) is 3.44. The molecule has 4 aromatic rings. The van der Waals surface area contributed by atoms with E-state index < -0.39 is 0 Å². The molecule has 0 aliphatic rings. The molecule has 0 bridgehead atoms. The van der Waals surface area contributed by atoms with Gasteiger partial charge in [-0.15, -0.1) is 10.2 Å². The van der Waals surface area contributed by atoms with E-state index in [0.29, 0.717) is 28.3 Å². The Hall–Kier alpha value is -3.23. The third-order valence-corrected chi connectivity index (χ3v) is 5.84. The first-order valence-electron chi connectivity index (χ1n) is 9.89. The molecule has 4 rings (SSSR count). The van der Waals surface area contributed by atoms with Crippen LogP contribution in [0.3, 0.4) is 0 Å². The van der Waals surface area contributed by atoms with E-state index in [0.717, 1.165) is 17.0 Å². The van der Waals surface area contributed by atoms with Crippen molar-refractivity contribution in [2.75, 3.05) is 11.1 Å². The third kappa shape index (κ3) is 5.72. The van der Waals surface area contributed by atoms with Crippen LogP contribution in [-0.2, 0) is 17.9 Å². The predicted octanol–water partition coefficient (Wildman–Crippen LogP) is 5.19. The van der Waals surface area contributed by atoms with Gasteiger partial charge in [0.2, 0.25) is 5.91 Å². The van der Waals surface area contributed by atoms with Crippen LogP contribution in [0.2, 0.25) is 5.02 Å². The number of amides is 1. The minimum Gasteiger partial charge on any atom is -0.486 e. The first-order valence-corrected chi connectivity index (χ1v) is 11.3. The number of hydrogen-bond acceptors (Lipinski definition) is 6. The number of nitrogens with one attached hydrogen (secondary N) is 1. The van der Waals surface area contributed by atoms with Crippen molar-refractivity contribution >= 4 is 35.0 Å². The zero-order valence-electron chi connectivity index (χ0n) is 17.3. The molecule has 7 nitrogen and oxygen atoms in total. The van der Waals surface area contributed by atoms with Gasteiger partial charge in [0.1, 0.15) is 18.1 Å². The average molecular weight is 469 g/mol. The zero-order chi connectivity index (χ0) is 22.3. The summed E-state index contributed by atoms with van der Waals surface area (Å²) in [6.45, 7) is 2.60. The molecule has 0 saturated carbocycles. The molecular weight excluding hydrogens is 448 g/mol. The maximum absolute atomic E-state index is 12.5.